The summed E-state index contributed by atoms with van der Waals surface area (Å²) in [5, 5.41) is 18.6. The highest BCUT2D eigenvalue weighted by molar-refractivity contribution is 7.91. The summed E-state index contributed by atoms with van der Waals surface area (Å²) in [5.41, 5.74) is 2.59. The van der Waals surface area contributed by atoms with Crippen LogP contribution in [0.25, 0.3) is 0 Å². The first kappa shape index (κ1) is 20.8. The summed E-state index contributed by atoms with van der Waals surface area (Å²) in [6, 6.07) is 13.1. The van der Waals surface area contributed by atoms with Crippen LogP contribution in [0.5, 0.6) is 0 Å². The fraction of sp³-hybridized carbons (Fsp3) is 0.300. The second-order valence-corrected chi connectivity index (χ2v) is 9.16. The molecule has 1 amide bonds. The first-order valence-corrected chi connectivity index (χ1v) is 10.9. The van der Waals surface area contributed by atoms with Crippen molar-refractivity contribution in [1.29, 1.82) is 0 Å². The minimum absolute atomic E-state index is 0.0356. The summed E-state index contributed by atoms with van der Waals surface area (Å²) in [7, 11) is -3.21. The number of hydrogen-bond donors (Lipinski definition) is 4. The summed E-state index contributed by atoms with van der Waals surface area (Å²) in [5.74, 6) is -0.591. The van der Waals surface area contributed by atoms with Crippen molar-refractivity contribution < 1.29 is 23.1 Å². The Labute approximate surface area is 169 Å². The molecule has 3 rings (SSSR count). The third kappa shape index (κ3) is 5.78. The van der Waals surface area contributed by atoms with Crippen LogP contribution in [0.1, 0.15) is 17.3 Å². The van der Waals surface area contributed by atoms with Crippen molar-refractivity contribution in [3.05, 3.63) is 54.1 Å². The van der Waals surface area contributed by atoms with Gasteiger partial charge in [0.05, 0.1) is 30.2 Å². The van der Waals surface area contributed by atoms with Gasteiger partial charge in [0.2, 0.25) is 5.91 Å². The first-order valence-electron chi connectivity index (χ1n) is 9.12. The smallest absolute Gasteiger partial charge is 0.243 e. The Morgan fingerprint density at radius 2 is 1.55 bits per heavy atom. The van der Waals surface area contributed by atoms with E-state index in [4.69, 9.17) is 0 Å². The quantitative estimate of drug-likeness (QED) is 0.503. The molecule has 29 heavy (non-hydrogen) atoms. The van der Waals surface area contributed by atoms with E-state index in [9.17, 15) is 23.1 Å². The van der Waals surface area contributed by atoms with Gasteiger partial charge in [0.25, 0.3) is 0 Å². The number of rotatable bonds is 7. The van der Waals surface area contributed by atoms with E-state index in [0.717, 1.165) is 5.69 Å². The van der Waals surface area contributed by atoms with Crippen molar-refractivity contribution in [2.45, 2.75) is 19.1 Å². The molecular formula is C20H23N3O5S. The minimum Gasteiger partial charge on any atom is -0.390 e. The molecule has 2 aromatic carbocycles. The largest absolute Gasteiger partial charge is 0.390 e. The summed E-state index contributed by atoms with van der Waals surface area (Å²) in [6.45, 7) is 1.54. The number of amides is 1. The number of nitrogens with one attached hydrogen (secondary N) is 3. The zero-order valence-corrected chi connectivity index (χ0v) is 16.7. The zero-order valence-electron chi connectivity index (χ0n) is 15.9. The molecule has 0 radical (unpaired) electrons. The van der Waals surface area contributed by atoms with E-state index in [2.05, 4.69) is 16.0 Å². The van der Waals surface area contributed by atoms with Crippen LogP contribution < -0.4 is 16.0 Å². The lowest BCUT2D eigenvalue weighted by Gasteiger charge is -2.16. The van der Waals surface area contributed by atoms with E-state index in [0.29, 0.717) is 16.9 Å². The predicted octanol–water partition coefficient (Wildman–Crippen LogP) is 1.51. The van der Waals surface area contributed by atoms with Gasteiger partial charge in [-0.25, -0.2) is 8.42 Å². The molecule has 0 aliphatic carbocycles. The SMILES string of the molecule is CC(=O)c1ccc(NC(=O)CNc2ccc(NC3CS(=O)(=O)CC3O)cc2)cc1. The average molecular weight is 417 g/mol. The maximum Gasteiger partial charge on any atom is 0.243 e. The number of ketones is 1. The van der Waals surface area contributed by atoms with Crippen LogP contribution in [0.2, 0.25) is 0 Å². The lowest BCUT2D eigenvalue weighted by molar-refractivity contribution is -0.114. The zero-order chi connectivity index (χ0) is 21.0. The Morgan fingerprint density at radius 3 is 2.10 bits per heavy atom. The third-order valence-corrected chi connectivity index (χ3v) is 6.30. The molecule has 1 heterocycles. The second kappa shape index (κ2) is 8.62. The Morgan fingerprint density at radius 1 is 0.966 bits per heavy atom. The second-order valence-electron chi connectivity index (χ2n) is 7.01. The summed E-state index contributed by atoms with van der Waals surface area (Å²) < 4.78 is 23.1. The molecule has 8 nitrogen and oxygen atoms in total. The average Bonchev–Trinajstić information content (AvgIpc) is 2.93. The number of aliphatic hydroxyl groups excluding tert-OH is 1. The Bertz CT molecular complexity index is 988. The van der Waals surface area contributed by atoms with E-state index in [1.165, 1.54) is 6.92 Å². The Balaban J connectivity index is 1.48. The van der Waals surface area contributed by atoms with Gasteiger partial charge in [-0.2, -0.15) is 0 Å². The molecular weight excluding hydrogens is 394 g/mol. The topological polar surface area (TPSA) is 125 Å². The van der Waals surface area contributed by atoms with E-state index in [1.54, 1.807) is 48.5 Å². The van der Waals surface area contributed by atoms with Gasteiger partial charge >= 0.3 is 0 Å². The van der Waals surface area contributed by atoms with Crippen LogP contribution in [0.15, 0.2) is 48.5 Å². The van der Waals surface area contributed by atoms with Crippen molar-refractivity contribution in [2.24, 2.45) is 0 Å². The van der Waals surface area contributed by atoms with Crippen LogP contribution in [-0.2, 0) is 14.6 Å². The minimum atomic E-state index is -3.21. The van der Waals surface area contributed by atoms with E-state index < -0.39 is 22.0 Å². The lowest BCUT2D eigenvalue weighted by atomic mass is 10.1. The molecule has 1 aliphatic rings. The van der Waals surface area contributed by atoms with Crippen molar-refractivity contribution >= 4 is 38.6 Å². The van der Waals surface area contributed by atoms with Crippen LogP contribution >= 0.6 is 0 Å². The number of sulfone groups is 1. The molecule has 1 aliphatic heterocycles. The number of carbonyl (C=O) groups is 2. The fourth-order valence-electron chi connectivity index (χ4n) is 3.04. The van der Waals surface area contributed by atoms with Gasteiger partial charge in [0.1, 0.15) is 0 Å². The number of aliphatic hydroxyl groups is 1. The molecule has 2 unspecified atom stereocenters. The van der Waals surface area contributed by atoms with Gasteiger partial charge in [-0.15, -0.1) is 0 Å². The Kier molecular flexibility index (Phi) is 6.19. The molecule has 154 valence electrons. The van der Waals surface area contributed by atoms with Crippen LogP contribution in [0.3, 0.4) is 0 Å². The molecule has 9 heteroatoms. The molecule has 4 N–H and O–H groups in total. The van der Waals surface area contributed by atoms with E-state index in [-0.39, 0.29) is 29.7 Å². The van der Waals surface area contributed by atoms with Gasteiger partial charge in [0, 0.05) is 22.6 Å². The van der Waals surface area contributed by atoms with Crippen molar-refractivity contribution in [2.75, 3.05) is 34.0 Å². The van der Waals surface area contributed by atoms with Crippen molar-refractivity contribution in [1.82, 2.24) is 0 Å². The van der Waals surface area contributed by atoms with Gasteiger partial charge in [-0.3, -0.25) is 9.59 Å². The lowest BCUT2D eigenvalue weighted by Crippen LogP contribution is -2.31. The predicted molar refractivity (Wildman–Crippen MR) is 112 cm³/mol. The van der Waals surface area contributed by atoms with Crippen LogP contribution in [0, 0.1) is 0 Å². The first-order chi connectivity index (χ1) is 13.7. The number of anilines is 3. The maximum atomic E-state index is 12.1. The summed E-state index contributed by atoms with van der Waals surface area (Å²) in [6.07, 6.45) is -0.925. The van der Waals surface area contributed by atoms with Crippen LogP contribution in [0.4, 0.5) is 17.1 Å². The monoisotopic (exact) mass is 417 g/mol. The number of carbonyl (C=O) groups excluding carboxylic acids is 2. The summed E-state index contributed by atoms with van der Waals surface area (Å²) >= 11 is 0. The maximum absolute atomic E-state index is 12.1. The molecule has 1 saturated heterocycles. The van der Waals surface area contributed by atoms with Crippen molar-refractivity contribution in [3.8, 4) is 0 Å². The highest BCUT2D eigenvalue weighted by Crippen LogP contribution is 2.20. The van der Waals surface area contributed by atoms with E-state index in [1.807, 2.05) is 0 Å². The Hall–Kier alpha value is -2.91. The van der Waals surface area contributed by atoms with Gasteiger partial charge in [-0.05, 0) is 55.5 Å². The normalized spacial score (nSPS) is 20.1. The van der Waals surface area contributed by atoms with Crippen LogP contribution in [-0.4, -0.2) is 55.4 Å². The molecule has 0 bridgehead atoms. The molecule has 0 saturated carbocycles. The molecule has 0 spiro atoms. The van der Waals surface area contributed by atoms with Crippen molar-refractivity contribution in [3.63, 3.8) is 0 Å². The number of Topliss-reactive ketones (excluding diaryl/α,β-unsaturated/α-hetero) is 1. The third-order valence-electron chi connectivity index (χ3n) is 4.59. The number of hydrogen-bond acceptors (Lipinski definition) is 7. The molecule has 0 aromatic heterocycles. The molecule has 2 atom stereocenters. The molecule has 1 fully saturated rings. The molecule has 2 aromatic rings. The fourth-order valence-corrected chi connectivity index (χ4v) is 4.78. The highest BCUT2D eigenvalue weighted by Gasteiger charge is 2.36. The standard InChI is InChI=1S/C20H23N3O5S/c1-13(24)14-2-4-17(5-3-14)23-20(26)10-21-15-6-8-16(9-7-15)22-18-11-29(27,28)12-19(18)25/h2-9,18-19,21-22,25H,10-12H2,1H3,(H,23,26). The van der Waals surface area contributed by atoms with Gasteiger partial charge in [-0.1, -0.05) is 0 Å². The summed E-state index contributed by atoms with van der Waals surface area (Å²) in [4.78, 5) is 23.3. The number of benzene rings is 2. The van der Waals surface area contributed by atoms with Gasteiger partial charge < -0.3 is 21.1 Å². The van der Waals surface area contributed by atoms with E-state index >= 15 is 0 Å². The highest BCUT2D eigenvalue weighted by atomic mass is 32.2. The van der Waals surface area contributed by atoms with Gasteiger partial charge in [0.15, 0.2) is 15.6 Å².